The molecule has 1 fully saturated rings. The summed E-state index contributed by atoms with van der Waals surface area (Å²) in [5.74, 6) is 0.530. The fraction of sp³-hybridized carbons (Fsp3) is 0.188. The molecular formula is C16H15ClN4O2S. The smallest absolute Gasteiger partial charge is 0.309 e. The van der Waals surface area contributed by atoms with Gasteiger partial charge in [0, 0.05) is 36.8 Å². The first-order valence-electron chi connectivity index (χ1n) is 7.33. The SMILES string of the molecule is O=[N+]([O-])C(/C=C/c1cccs1)=C1\NCCN1Cc1ccc(Cl)nc1. The third-order valence-corrected chi connectivity index (χ3v) is 4.60. The van der Waals surface area contributed by atoms with Gasteiger partial charge >= 0.3 is 5.70 Å². The zero-order chi connectivity index (χ0) is 16.9. The molecule has 124 valence electrons. The first-order chi connectivity index (χ1) is 11.6. The Bertz CT molecular complexity index is 772. The largest absolute Gasteiger partial charge is 0.364 e. The molecule has 0 amide bonds. The second-order valence-electron chi connectivity index (χ2n) is 5.18. The van der Waals surface area contributed by atoms with Gasteiger partial charge in [-0.15, -0.1) is 11.3 Å². The second kappa shape index (κ2) is 7.46. The number of rotatable bonds is 5. The molecule has 0 saturated carbocycles. The average Bonchev–Trinajstić information content (AvgIpc) is 3.22. The van der Waals surface area contributed by atoms with Crippen LogP contribution in [0, 0.1) is 10.1 Å². The maximum absolute atomic E-state index is 11.5. The van der Waals surface area contributed by atoms with Crippen molar-refractivity contribution in [2.45, 2.75) is 6.54 Å². The van der Waals surface area contributed by atoms with Gasteiger partial charge in [-0.05, 0) is 29.2 Å². The topological polar surface area (TPSA) is 71.3 Å². The summed E-state index contributed by atoms with van der Waals surface area (Å²) in [6, 6.07) is 7.42. The maximum Gasteiger partial charge on any atom is 0.309 e. The van der Waals surface area contributed by atoms with E-state index in [9.17, 15) is 10.1 Å². The van der Waals surface area contributed by atoms with E-state index in [0.717, 1.165) is 10.4 Å². The summed E-state index contributed by atoms with van der Waals surface area (Å²) in [5.41, 5.74) is 1.01. The van der Waals surface area contributed by atoms with Crippen LogP contribution in [0.5, 0.6) is 0 Å². The number of allylic oxidation sites excluding steroid dienone is 1. The van der Waals surface area contributed by atoms with Gasteiger partial charge in [-0.2, -0.15) is 0 Å². The molecule has 0 aliphatic carbocycles. The summed E-state index contributed by atoms with van der Waals surface area (Å²) in [4.78, 5) is 18.1. The molecule has 2 aromatic heterocycles. The quantitative estimate of drug-likeness (QED) is 0.501. The third kappa shape index (κ3) is 3.93. The van der Waals surface area contributed by atoms with E-state index in [2.05, 4.69) is 10.3 Å². The van der Waals surface area contributed by atoms with Gasteiger partial charge in [-0.1, -0.05) is 23.7 Å². The van der Waals surface area contributed by atoms with E-state index >= 15 is 0 Å². The number of hydrogen-bond donors (Lipinski definition) is 1. The van der Waals surface area contributed by atoms with E-state index in [1.807, 2.05) is 28.5 Å². The van der Waals surface area contributed by atoms with Gasteiger partial charge in [0.25, 0.3) is 0 Å². The Kier molecular flexibility index (Phi) is 5.12. The van der Waals surface area contributed by atoms with Gasteiger partial charge in [0.2, 0.25) is 0 Å². The number of nitrogens with zero attached hydrogens (tertiary/aromatic N) is 3. The van der Waals surface area contributed by atoms with Gasteiger partial charge in [-0.3, -0.25) is 10.1 Å². The van der Waals surface area contributed by atoms with Crippen molar-refractivity contribution in [2.75, 3.05) is 13.1 Å². The van der Waals surface area contributed by atoms with Crippen molar-refractivity contribution in [3.8, 4) is 0 Å². The molecular weight excluding hydrogens is 348 g/mol. The normalized spacial score (nSPS) is 16.5. The lowest BCUT2D eigenvalue weighted by Crippen LogP contribution is -2.23. The van der Waals surface area contributed by atoms with Crippen LogP contribution in [0.15, 0.2) is 53.4 Å². The summed E-state index contributed by atoms with van der Waals surface area (Å²) < 4.78 is 0. The van der Waals surface area contributed by atoms with Crippen molar-refractivity contribution in [2.24, 2.45) is 0 Å². The van der Waals surface area contributed by atoms with Crippen LogP contribution in [-0.4, -0.2) is 27.9 Å². The molecule has 1 saturated heterocycles. The molecule has 1 aliphatic rings. The number of halogens is 1. The van der Waals surface area contributed by atoms with E-state index in [1.165, 1.54) is 11.3 Å². The molecule has 1 aliphatic heterocycles. The minimum Gasteiger partial charge on any atom is -0.364 e. The van der Waals surface area contributed by atoms with E-state index < -0.39 is 0 Å². The highest BCUT2D eigenvalue weighted by atomic mass is 35.5. The monoisotopic (exact) mass is 362 g/mol. The molecule has 2 aromatic rings. The van der Waals surface area contributed by atoms with Crippen LogP contribution in [0.1, 0.15) is 10.4 Å². The lowest BCUT2D eigenvalue weighted by molar-refractivity contribution is -0.421. The van der Waals surface area contributed by atoms with Crippen molar-refractivity contribution >= 4 is 29.0 Å². The lowest BCUT2D eigenvalue weighted by Gasteiger charge is -2.18. The van der Waals surface area contributed by atoms with Crippen molar-refractivity contribution in [1.29, 1.82) is 0 Å². The number of nitro groups is 1. The number of hydrogen-bond acceptors (Lipinski definition) is 6. The van der Waals surface area contributed by atoms with Crippen LogP contribution in [0.3, 0.4) is 0 Å². The Morgan fingerprint density at radius 1 is 1.50 bits per heavy atom. The molecule has 3 rings (SSSR count). The minimum absolute atomic E-state index is 0.0582. The summed E-state index contributed by atoms with van der Waals surface area (Å²) in [6.07, 6.45) is 5.00. The third-order valence-electron chi connectivity index (χ3n) is 3.54. The Balaban J connectivity index is 1.85. The predicted molar refractivity (Wildman–Crippen MR) is 95.0 cm³/mol. The molecule has 0 bridgehead atoms. The van der Waals surface area contributed by atoms with Gasteiger partial charge < -0.3 is 10.2 Å². The molecule has 8 heteroatoms. The van der Waals surface area contributed by atoms with E-state index in [4.69, 9.17) is 11.6 Å². The molecule has 1 N–H and O–H groups in total. The van der Waals surface area contributed by atoms with E-state index in [-0.39, 0.29) is 10.6 Å². The maximum atomic E-state index is 11.5. The highest BCUT2D eigenvalue weighted by Gasteiger charge is 2.26. The minimum atomic E-state index is -0.356. The fourth-order valence-corrected chi connectivity index (χ4v) is 3.17. The summed E-state index contributed by atoms with van der Waals surface area (Å²) >= 11 is 7.33. The van der Waals surface area contributed by atoms with Crippen LogP contribution < -0.4 is 5.32 Å². The Hall–Kier alpha value is -2.38. The molecule has 6 nitrogen and oxygen atoms in total. The average molecular weight is 363 g/mol. The highest BCUT2D eigenvalue weighted by Crippen LogP contribution is 2.20. The summed E-state index contributed by atoms with van der Waals surface area (Å²) in [5, 5.41) is 17.0. The summed E-state index contributed by atoms with van der Waals surface area (Å²) in [6.45, 7) is 1.90. The van der Waals surface area contributed by atoms with Crippen LogP contribution in [0.4, 0.5) is 0 Å². The first kappa shape index (κ1) is 16.5. The molecule has 0 atom stereocenters. The zero-order valence-corrected chi connectivity index (χ0v) is 14.3. The van der Waals surface area contributed by atoms with Crippen molar-refractivity contribution in [1.82, 2.24) is 15.2 Å². The van der Waals surface area contributed by atoms with Crippen molar-refractivity contribution < 1.29 is 4.92 Å². The Morgan fingerprint density at radius 3 is 3.04 bits per heavy atom. The van der Waals surface area contributed by atoms with Gasteiger partial charge in [-0.25, -0.2) is 4.98 Å². The standard InChI is InChI=1S/C16H15ClN4O2S/c17-15-6-3-12(10-19-15)11-20-8-7-18-16(20)14(21(22)23)5-4-13-2-1-9-24-13/h1-6,9-10,18H,7-8,11H2/b5-4+,16-14+. The van der Waals surface area contributed by atoms with Crippen LogP contribution >= 0.6 is 22.9 Å². The van der Waals surface area contributed by atoms with Crippen LogP contribution in [0.25, 0.3) is 6.08 Å². The van der Waals surface area contributed by atoms with Gasteiger partial charge in [0.05, 0.1) is 4.92 Å². The van der Waals surface area contributed by atoms with Crippen LogP contribution in [-0.2, 0) is 6.54 Å². The lowest BCUT2D eigenvalue weighted by atomic mass is 10.2. The van der Waals surface area contributed by atoms with E-state index in [0.29, 0.717) is 30.6 Å². The fourth-order valence-electron chi connectivity index (χ4n) is 2.44. The molecule has 0 aromatic carbocycles. The predicted octanol–water partition coefficient (Wildman–Crippen LogP) is 3.36. The first-order valence-corrected chi connectivity index (χ1v) is 8.59. The Labute approximate surface area is 148 Å². The van der Waals surface area contributed by atoms with Crippen molar-refractivity contribution in [3.05, 3.63) is 79.1 Å². The molecule has 0 spiro atoms. The number of pyridine rings is 1. The van der Waals surface area contributed by atoms with Gasteiger partial charge in [0.1, 0.15) is 5.15 Å². The zero-order valence-electron chi connectivity index (χ0n) is 12.7. The highest BCUT2D eigenvalue weighted by molar-refractivity contribution is 7.10. The summed E-state index contributed by atoms with van der Waals surface area (Å²) in [7, 11) is 0. The number of nitrogens with one attached hydrogen (secondary N) is 1. The van der Waals surface area contributed by atoms with Crippen molar-refractivity contribution in [3.63, 3.8) is 0 Å². The molecule has 0 unspecified atom stereocenters. The molecule has 24 heavy (non-hydrogen) atoms. The van der Waals surface area contributed by atoms with E-state index in [1.54, 1.807) is 24.4 Å². The number of thiophene rings is 1. The Morgan fingerprint density at radius 2 is 2.38 bits per heavy atom. The number of aromatic nitrogens is 1. The van der Waals surface area contributed by atoms with Crippen LogP contribution in [0.2, 0.25) is 5.15 Å². The molecule has 0 radical (unpaired) electrons. The molecule has 3 heterocycles. The second-order valence-corrected chi connectivity index (χ2v) is 6.54. The van der Waals surface area contributed by atoms with Gasteiger partial charge in [0.15, 0.2) is 5.82 Å².